The van der Waals surface area contributed by atoms with Crippen molar-refractivity contribution in [3.05, 3.63) is 28.8 Å². The molecule has 18 heavy (non-hydrogen) atoms. The molecule has 0 saturated heterocycles. The standard InChI is InChI=1S/C12H14ClNO3S/c1-17-12-5-4-10(8-11(12)13)9-18(15,16)7-3-2-6-14/h4-5,8H,2-3,7,9H2,1H3. The normalized spacial score (nSPS) is 10.9. The van der Waals surface area contributed by atoms with Crippen molar-refractivity contribution in [2.75, 3.05) is 12.9 Å². The van der Waals surface area contributed by atoms with Gasteiger partial charge in [0, 0.05) is 6.42 Å². The molecule has 0 fully saturated rings. The fourth-order valence-corrected chi connectivity index (χ4v) is 3.19. The maximum atomic E-state index is 11.8. The van der Waals surface area contributed by atoms with Crippen molar-refractivity contribution in [3.8, 4) is 11.8 Å². The summed E-state index contributed by atoms with van der Waals surface area (Å²) in [5.74, 6) is 0.467. The summed E-state index contributed by atoms with van der Waals surface area (Å²) in [6, 6.07) is 6.83. The van der Waals surface area contributed by atoms with Crippen LogP contribution in [0.15, 0.2) is 18.2 Å². The van der Waals surface area contributed by atoms with Gasteiger partial charge in [0.25, 0.3) is 0 Å². The predicted octanol–water partition coefficient (Wildman–Crippen LogP) is 2.57. The number of halogens is 1. The van der Waals surface area contributed by atoms with Gasteiger partial charge >= 0.3 is 0 Å². The molecule has 0 aliphatic carbocycles. The van der Waals surface area contributed by atoms with Crippen molar-refractivity contribution in [3.63, 3.8) is 0 Å². The minimum atomic E-state index is -3.19. The van der Waals surface area contributed by atoms with E-state index in [0.29, 0.717) is 22.8 Å². The third-order valence-electron chi connectivity index (χ3n) is 2.35. The Kier molecular flexibility index (Phi) is 5.45. The molecule has 1 aromatic carbocycles. The number of sulfone groups is 1. The molecule has 6 heteroatoms. The van der Waals surface area contributed by atoms with Gasteiger partial charge in [-0.15, -0.1) is 0 Å². The van der Waals surface area contributed by atoms with E-state index in [4.69, 9.17) is 21.6 Å². The van der Waals surface area contributed by atoms with Crippen LogP contribution in [0.25, 0.3) is 0 Å². The first-order valence-corrected chi connectivity index (χ1v) is 7.58. The molecular weight excluding hydrogens is 274 g/mol. The number of rotatable bonds is 6. The molecule has 0 unspecified atom stereocenters. The minimum absolute atomic E-state index is 0.0181. The number of hydrogen-bond donors (Lipinski definition) is 0. The molecule has 98 valence electrons. The molecule has 0 heterocycles. The van der Waals surface area contributed by atoms with Crippen molar-refractivity contribution in [1.82, 2.24) is 0 Å². The second kappa shape index (κ2) is 6.62. The summed E-state index contributed by atoms with van der Waals surface area (Å²) in [5.41, 5.74) is 0.623. The lowest BCUT2D eigenvalue weighted by molar-refractivity contribution is 0.415. The van der Waals surface area contributed by atoms with Crippen LogP contribution >= 0.6 is 11.6 Å². The topological polar surface area (TPSA) is 67.2 Å². The van der Waals surface area contributed by atoms with Crippen LogP contribution in [-0.2, 0) is 15.6 Å². The Hall–Kier alpha value is -1.25. The maximum absolute atomic E-state index is 11.8. The highest BCUT2D eigenvalue weighted by Gasteiger charge is 2.13. The Morgan fingerprint density at radius 1 is 1.44 bits per heavy atom. The van der Waals surface area contributed by atoms with Crippen molar-refractivity contribution in [2.24, 2.45) is 0 Å². The van der Waals surface area contributed by atoms with Crippen LogP contribution in [0.5, 0.6) is 5.75 Å². The molecule has 4 nitrogen and oxygen atoms in total. The van der Waals surface area contributed by atoms with Crippen LogP contribution < -0.4 is 4.74 Å². The molecule has 0 atom stereocenters. The average Bonchev–Trinajstić information content (AvgIpc) is 2.29. The van der Waals surface area contributed by atoms with Crippen LogP contribution in [0.4, 0.5) is 0 Å². The number of hydrogen-bond acceptors (Lipinski definition) is 4. The van der Waals surface area contributed by atoms with Crippen LogP contribution in [0, 0.1) is 11.3 Å². The molecular formula is C12H14ClNO3S. The third-order valence-corrected chi connectivity index (χ3v) is 4.33. The zero-order valence-electron chi connectivity index (χ0n) is 10.0. The molecule has 0 spiro atoms. The van der Waals surface area contributed by atoms with Gasteiger partial charge in [0.15, 0.2) is 9.84 Å². The largest absolute Gasteiger partial charge is 0.495 e. The summed E-state index contributed by atoms with van der Waals surface area (Å²) in [4.78, 5) is 0. The van der Waals surface area contributed by atoms with E-state index in [2.05, 4.69) is 0 Å². The number of unbranched alkanes of at least 4 members (excludes halogenated alkanes) is 1. The number of benzene rings is 1. The molecule has 0 aliphatic heterocycles. The van der Waals surface area contributed by atoms with Gasteiger partial charge in [-0.3, -0.25) is 0 Å². The zero-order chi connectivity index (χ0) is 13.6. The molecule has 1 aromatic rings. The molecule has 0 N–H and O–H groups in total. The molecule has 0 aliphatic rings. The summed E-state index contributed by atoms with van der Waals surface area (Å²) in [5, 5.41) is 8.76. The smallest absolute Gasteiger partial charge is 0.154 e. The number of nitriles is 1. The first kappa shape index (κ1) is 14.8. The van der Waals surface area contributed by atoms with Crippen molar-refractivity contribution in [1.29, 1.82) is 5.26 Å². The lowest BCUT2D eigenvalue weighted by Gasteiger charge is -2.06. The number of ether oxygens (including phenoxy) is 1. The van der Waals surface area contributed by atoms with E-state index in [1.165, 1.54) is 7.11 Å². The van der Waals surface area contributed by atoms with Gasteiger partial charge in [0.05, 0.1) is 29.7 Å². The summed E-state index contributed by atoms with van der Waals surface area (Å²) in [6.45, 7) is 0. The van der Waals surface area contributed by atoms with E-state index in [0.717, 1.165) is 0 Å². The summed E-state index contributed by atoms with van der Waals surface area (Å²) in [7, 11) is -1.69. The van der Waals surface area contributed by atoms with Crippen molar-refractivity contribution < 1.29 is 13.2 Å². The second-order valence-electron chi connectivity index (χ2n) is 3.82. The highest BCUT2D eigenvalue weighted by atomic mass is 35.5. The first-order valence-electron chi connectivity index (χ1n) is 5.38. The number of nitrogens with zero attached hydrogens (tertiary/aromatic N) is 1. The van der Waals surface area contributed by atoms with Gasteiger partial charge in [-0.2, -0.15) is 5.26 Å². The molecule has 0 amide bonds. The van der Waals surface area contributed by atoms with E-state index in [1.807, 2.05) is 6.07 Å². The summed E-state index contributed by atoms with van der Waals surface area (Å²) >= 11 is 5.92. The highest BCUT2D eigenvalue weighted by Crippen LogP contribution is 2.25. The van der Waals surface area contributed by atoms with Gasteiger partial charge in [-0.1, -0.05) is 17.7 Å². The predicted molar refractivity (Wildman–Crippen MR) is 70.3 cm³/mol. The fourth-order valence-electron chi connectivity index (χ4n) is 1.50. The quantitative estimate of drug-likeness (QED) is 0.754. The Labute approximate surface area is 112 Å². The van der Waals surface area contributed by atoms with Gasteiger partial charge in [0.1, 0.15) is 5.75 Å². The molecule has 0 saturated carbocycles. The summed E-state index contributed by atoms with van der Waals surface area (Å²) in [6.07, 6.45) is 0.616. The van der Waals surface area contributed by atoms with E-state index in [1.54, 1.807) is 18.2 Å². The molecule has 0 aromatic heterocycles. The summed E-state index contributed by atoms with van der Waals surface area (Å²) < 4.78 is 28.5. The Bertz CT molecular complexity index is 549. The monoisotopic (exact) mass is 287 g/mol. The third kappa shape index (κ3) is 4.55. The minimum Gasteiger partial charge on any atom is -0.495 e. The van der Waals surface area contributed by atoms with E-state index < -0.39 is 9.84 Å². The Morgan fingerprint density at radius 2 is 2.17 bits per heavy atom. The Morgan fingerprint density at radius 3 is 2.72 bits per heavy atom. The van der Waals surface area contributed by atoms with E-state index in [9.17, 15) is 8.42 Å². The Balaban J connectivity index is 2.73. The SMILES string of the molecule is COc1ccc(CS(=O)(=O)CCCC#N)cc1Cl. The lowest BCUT2D eigenvalue weighted by Crippen LogP contribution is -2.09. The van der Waals surface area contributed by atoms with Crippen LogP contribution in [0.3, 0.4) is 0 Å². The number of methoxy groups -OCH3 is 1. The van der Waals surface area contributed by atoms with Crippen molar-refractivity contribution >= 4 is 21.4 Å². The van der Waals surface area contributed by atoms with Gasteiger partial charge in [-0.25, -0.2) is 8.42 Å². The van der Waals surface area contributed by atoms with Gasteiger partial charge in [0.2, 0.25) is 0 Å². The molecule has 0 radical (unpaired) electrons. The zero-order valence-corrected chi connectivity index (χ0v) is 11.6. The van der Waals surface area contributed by atoms with Gasteiger partial charge in [-0.05, 0) is 24.1 Å². The van der Waals surface area contributed by atoms with E-state index >= 15 is 0 Å². The first-order chi connectivity index (χ1) is 8.48. The lowest BCUT2D eigenvalue weighted by atomic mass is 10.2. The highest BCUT2D eigenvalue weighted by molar-refractivity contribution is 7.90. The van der Waals surface area contributed by atoms with Crippen LogP contribution in [0.2, 0.25) is 5.02 Å². The fraction of sp³-hybridized carbons (Fsp3) is 0.417. The van der Waals surface area contributed by atoms with Crippen LogP contribution in [0.1, 0.15) is 18.4 Å². The molecule has 0 bridgehead atoms. The van der Waals surface area contributed by atoms with Crippen LogP contribution in [-0.4, -0.2) is 21.3 Å². The molecule has 1 rings (SSSR count). The van der Waals surface area contributed by atoms with Gasteiger partial charge < -0.3 is 4.74 Å². The average molecular weight is 288 g/mol. The van der Waals surface area contributed by atoms with Crippen molar-refractivity contribution in [2.45, 2.75) is 18.6 Å². The second-order valence-corrected chi connectivity index (χ2v) is 6.41. The maximum Gasteiger partial charge on any atom is 0.154 e. The van der Waals surface area contributed by atoms with E-state index in [-0.39, 0.29) is 17.9 Å².